The third kappa shape index (κ3) is 4.56. The minimum Gasteiger partial charge on any atom is -0.369 e. The number of anilines is 1. The van der Waals surface area contributed by atoms with E-state index < -0.39 is 0 Å². The molecule has 0 saturated carbocycles. The maximum atomic E-state index is 12.4. The van der Waals surface area contributed by atoms with Crippen molar-refractivity contribution < 1.29 is 4.79 Å². The quantitative estimate of drug-likeness (QED) is 0.456. The standard InChI is InChI=1S/C25H26N6O/c1-4-26-25(32)21-10-11-27-24-19(6-5-7-20(21)24)16(2)13-29-23-12-22(30-15-31-23)18-9-8-17(3)28-14-18/h5-12,14-16H,4,13H2,1-3H3,(H,26,32)(H,29,30,31). The van der Waals surface area contributed by atoms with E-state index in [1.165, 1.54) is 0 Å². The number of aromatic nitrogens is 4. The summed E-state index contributed by atoms with van der Waals surface area (Å²) in [5, 5.41) is 7.14. The lowest BCUT2D eigenvalue weighted by Gasteiger charge is -2.16. The first-order chi connectivity index (χ1) is 15.6. The highest BCUT2D eigenvalue weighted by atomic mass is 16.1. The molecule has 1 amide bonds. The van der Waals surface area contributed by atoms with E-state index in [1.54, 1.807) is 18.6 Å². The molecule has 4 rings (SSSR count). The first kappa shape index (κ1) is 21.4. The molecule has 1 unspecified atom stereocenters. The first-order valence-corrected chi connectivity index (χ1v) is 10.7. The molecule has 4 aromatic rings. The van der Waals surface area contributed by atoms with E-state index in [0.717, 1.165) is 39.2 Å². The Hall–Kier alpha value is -3.87. The van der Waals surface area contributed by atoms with Crippen LogP contribution in [0.1, 0.15) is 41.4 Å². The fourth-order valence-corrected chi connectivity index (χ4v) is 3.65. The molecule has 3 aromatic heterocycles. The molecule has 162 valence electrons. The van der Waals surface area contributed by atoms with E-state index in [2.05, 4.69) is 43.6 Å². The fraction of sp³-hybridized carbons (Fsp3) is 0.240. The summed E-state index contributed by atoms with van der Waals surface area (Å²) < 4.78 is 0. The topological polar surface area (TPSA) is 92.7 Å². The third-order valence-electron chi connectivity index (χ3n) is 5.38. The molecule has 0 radical (unpaired) electrons. The average Bonchev–Trinajstić information content (AvgIpc) is 2.82. The van der Waals surface area contributed by atoms with Crippen LogP contribution in [0.15, 0.2) is 61.2 Å². The predicted octanol–water partition coefficient (Wildman–Crippen LogP) is 4.36. The lowest BCUT2D eigenvalue weighted by molar-refractivity contribution is 0.0957. The zero-order valence-electron chi connectivity index (χ0n) is 18.5. The van der Waals surface area contributed by atoms with Crippen LogP contribution in [0.3, 0.4) is 0 Å². The second-order valence-electron chi connectivity index (χ2n) is 7.72. The van der Waals surface area contributed by atoms with E-state index in [9.17, 15) is 4.79 Å². The van der Waals surface area contributed by atoms with Crippen molar-refractivity contribution in [3.63, 3.8) is 0 Å². The summed E-state index contributed by atoms with van der Waals surface area (Å²) >= 11 is 0. The van der Waals surface area contributed by atoms with Crippen molar-refractivity contribution >= 4 is 22.6 Å². The number of carbonyl (C=O) groups excluding carboxylic acids is 1. The molecule has 0 fully saturated rings. The van der Waals surface area contributed by atoms with Gasteiger partial charge in [0.2, 0.25) is 0 Å². The Labute approximate surface area is 187 Å². The van der Waals surface area contributed by atoms with Crippen molar-refractivity contribution in [2.24, 2.45) is 0 Å². The number of fused-ring (bicyclic) bond motifs is 1. The Kier molecular flexibility index (Phi) is 6.35. The number of carbonyl (C=O) groups is 1. The molecule has 2 N–H and O–H groups in total. The van der Waals surface area contributed by atoms with Crippen LogP contribution < -0.4 is 10.6 Å². The van der Waals surface area contributed by atoms with Gasteiger partial charge in [-0.3, -0.25) is 14.8 Å². The Morgan fingerprint density at radius 1 is 1.06 bits per heavy atom. The van der Waals surface area contributed by atoms with Gasteiger partial charge in [-0.25, -0.2) is 9.97 Å². The summed E-state index contributed by atoms with van der Waals surface area (Å²) in [4.78, 5) is 30.1. The normalized spacial score (nSPS) is 11.8. The molecule has 32 heavy (non-hydrogen) atoms. The van der Waals surface area contributed by atoms with Gasteiger partial charge in [-0.05, 0) is 37.6 Å². The highest BCUT2D eigenvalue weighted by Crippen LogP contribution is 2.27. The Morgan fingerprint density at radius 2 is 1.94 bits per heavy atom. The fourth-order valence-electron chi connectivity index (χ4n) is 3.65. The van der Waals surface area contributed by atoms with Crippen molar-refractivity contribution in [1.82, 2.24) is 25.3 Å². The van der Waals surface area contributed by atoms with Crippen LogP contribution in [0.25, 0.3) is 22.2 Å². The second kappa shape index (κ2) is 9.51. The van der Waals surface area contributed by atoms with Gasteiger partial charge in [0.25, 0.3) is 5.91 Å². The molecule has 1 atom stereocenters. The van der Waals surface area contributed by atoms with Crippen molar-refractivity contribution in [2.75, 3.05) is 18.4 Å². The van der Waals surface area contributed by atoms with Gasteiger partial charge < -0.3 is 10.6 Å². The van der Waals surface area contributed by atoms with Crippen LogP contribution >= 0.6 is 0 Å². The summed E-state index contributed by atoms with van der Waals surface area (Å²) in [7, 11) is 0. The summed E-state index contributed by atoms with van der Waals surface area (Å²) in [6.07, 6.45) is 5.07. The van der Waals surface area contributed by atoms with Crippen LogP contribution in [-0.4, -0.2) is 38.9 Å². The van der Waals surface area contributed by atoms with Crippen molar-refractivity contribution in [1.29, 1.82) is 0 Å². The van der Waals surface area contributed by atoms with Gasteiger partial charge in [0.15, 0.2) is 0 Å². The zero-order chi connectivity index (χ0) is 22.5. The largest absolute Gasteiger partial charge is 0.369 e. The maximum absolute atomic E-state index is 12.4. The Balaban J connectivity index is 1.54. The smallest absolute Gasteiger partial charge is 0.252 e. The van der Waals surface area contributed by atoms with Crippen LogP contribution in [0.4, 0.5) is 5.82 Å². The number of amides is 1. The number of hydrogen-bond acceptors (Lipinski definition) is 6. The third-order valence-corrected chi connectivity index (χ3v) is 5.38. The van der Waals surface area contributed by atoms with Gasteiger partial charge in [0.05, 0.1) is 16.8 Å². The summed E-state index contributed by atoms with van der Waals surface area (Å²) in [5.74, 6) is 0.815. The number of para-hydroxylation sites is 1. The van der Waals surface area contributed by atoms with Crippen molar-refractivity contribution in [3.8, 4) is 11.3 Å². The number of benzene rings is 1. The number of nitrogens with one attached hydrogen (secondary N) is 2. The summed E-state index contributed by atoms with van der Waals surface area (Å²) in [5.41, 5.74) is 5.31. The monoisotopic (exact) mass is 426 g/mol. The molecule has 0 bridgehead atoms. The van der Waals surface area contributed by atoms with Gasteiger partial charge in [-0.2, -0.15) is 0 Å². The number of rotatable bonds is 7. The van der Waals surface area contributed by atoms with Crippen LogP contribution in [0, 0.1) is 6.92 Å². The molecule has 1 aromatic carbocycles. The number of aryl methyl sites for hydroxylation is 1. The van der Waals surface area contributed by atoms with E-state index in [1.807, 2.05) is 50.4 Å². The molecular formula is C25H26N6O. The molecule has 0 saturated heterocycles. The van der Waals surface area contributed by atoms with Gasteiger partial charge in [-0.1, -0.05) is 25.1 Å². The second-order valence-corrected chi connectivity index (χ2v) is 7.72. The SMILES string of the molecule is CCNC(=O)c1ccnc2c(C(C)CNc3cc(-c4ccc(C)nc4)ncn3)cccc12. The molecule has 7 nitrogen and oxygen atoms in total. The summed E-state index contributed by atoms with van der Waals surface area (Å²) in [6.45, 7) is 7.25. The van der Waals surface area contributed by atoms with Crippen LogP contribution in [0.5, 0.6) is 0 Å². The molecule has 0 aliphatic rings. The Morgan fingerprint density at radius 3 is 2.72 bits per heavy atom. The molecule has 3 heterocycles. The van der Waals surface area contributed by atoms with Gasteiger partial charge in [-0.15, -0.1) is 0 Å². The zero-order valence-corrected chi connectivity index (χ0v) is 18.5. The lowest BCUT2D eigenvalue weighted by Crippen LogP contribution is -2.23. The maximum Gasteiger partial charge on any atom is 0.252 e. The van der Waals surface area contributed by atoms with Crippen LogP contribution in [-0.2, 0) is 0 Å². The van der Waals surface area contributed by atoms with Crippen LogP contribution in [0.2, 0.25) is 0 Å². The molecule has 0 spiro atoms. The minimum absolute atomic E-state index is 0.0815. The predicted molar refractivity (Wildman–Crippen MR) is 127 cm³/mol. The first-order valence-electron chi connectivity index (χ1n) is 10.7. The number of pyridine rings is 2. The van der Waals surface area contributed by atoms with E-state index >= 15 is 0 Å². The van der Waals surface area contributed by atoms with Gasteiger partial charge in [0.1, 0.15) is 12.1 Å². The highest BCUT2D eigenvalue weighted by Gasteiger charge is 2.15. The Bertz CT molecular complexity index is 1240. The number of hydrogen-bond donors (Lipinski definition) is 2. The molecular weight excluding hydrogens is 400 g/mol. The molecule has 0 aliphatic carbocycles. The van der Waals surface area contributed by atoms with Gasteiger partial charge >= 0.3 is 0 Å². The minimum atomic E-state index is -0.0815. The van der Waals surface area contributed by atoms with Gasteiger partial charge in [0, 0.05) is 54.1 Å². The average molecular weight is 427 g/mol. The number of nitrogens with zero attached hydrogens (tertiary/aromatic N) is 4. The lowest BCUT2D eigenvalue weighted by atomic mass is 9.96. The highest BCUT2D eigenvalue weighted by molar-refractivity contribution is 6.06. The van der Waals surface area contributed by atoms with E-state index in [4.69, 9.17) is 0 Å². The van der Waals surface area contributed by atoms with E-state index in [-0.39, 0.29) is 11.8 Å². The summed E-state index contributed by atoms with van der Waals surface area (Å²) in [6, 6.07) is 13.7. The van der Waals surface area contributed by atoms with Crippen molar-refractivity contribution in [2.45, 2.75) is 26.7 Å². The van der Waals surface area contributed by atoms with Crippen molar-refractivity contribution in [3.05, 3.63) is 78.0 Å². The molecule has 0 aliphatic heterocycles. The molecule has 7 heteroatoms. The van der Waals surface area contributed by atoms with E-state index in [0.29, 0.717) is 18.7 Å².